The maximum absolute atomic E-state index is 13.8. The average molecular weight is 634 g/mol. The van der Waals surface area contributed by atoms with Gasteiger partial charge in [0.15, 0.2) is 5.82 Å². The topological polar surface area (TPSA) is 152 Å². The summed E-state index contributed by atoms with van der Waals surface area (Å²) in [5, 5.41) is 11.1. The quantitative estimate of drug-likeness (QED) is 0.164. The molecule has 0 aliphatic heterocycles. The number of carbonyl (C=O) groups is 4. The lowest BCUT2D eigenvalue weighted by Crippen LogP contribution is -2.59. The lowest BCUT2D eigenvalue weighted by Gasteiger charge is -2.29. The molecule has 0 aliphatic rings. The van der Waals surface area contributed by atoms with E-state index in [-0.39, 0.29) is 18.8 Å². The highest BCUT2D eigenvalue weighted by Gasteiger charge is 2.35. The second kappa shape index (κ2) is 13.9. The van der Waals surface area contributed by atoms with Gasteiger partial charge in [-0.1, -0.05) is 48.5 Å². The number of H-pyrrole nitrogens is 1. The maximum Gasteiger partial charge on any atom is 0.408 e. The largest absolute Gasteiger partial charge is 0.465 e. The van der Waals surface area contributed by atoms with Gasteiger partial charge in [0.1, 0.15) is 28.9 Å². The number of hydrogen-bond acceptors (Lipinski definition) is 8. The Labute approximate surface area is 266 Å². The molecule has 0 bridgehead atoms. The fourth-order valence-corrected chi connectivity index (χ4v) is 5.59. The van der Waals surface area contributed by atoms with Crippen LogP contribution in [-0.4, -0.2) is 57.6 Å². The first-order chi connectivity index (χ1) is 21.3. The Bertz CT molecular complexity index is 1660. The van der Waals surface area contributed by atoms with E-state index in [4.69, 9.17) is 9.47 Å². The van der Waals surface area contributed by atoms with E-state index >= 15 is 0 Å². The number of imidazole rings is 1. The van der Waals surface area contributed by atoms with E-state index in [1.54, 1.807) is 51.2 Å². The summed E-state index contributed by atoms with van der Waals surface area (Å²) < 4.78 is 11.7. The number of carbonyl (C=O) groups excluding carboxylic acids is 4. The molecule has 12 heteroatoms. The molecular formula is C33H39N5O6S. The summed E-state index contributed by atoms with van der Waals surface area (Å²) >= 11 is 1.54. The smallest absolute Gasteiger partial charge is 0.408 e. The number of anilines is 1. The minimum atomic E-state index is -1.40. The van der Waals surface area contributed by atoms with Crippen molar-refractivity contribution in [1.29, 1.82) is 0 Å². The van der Waals surface area contributed by atoms with Crippen molar-refractivity contribution in [2.24, 2.45) is 0 Å². The highest BCUT2D eigenvalue weighted by Crippen LogP contribution is 2.28. The molecule has 2 atom stereocenters. The zero-order valence-electron chi connectivity index (χ0n) is 26.2. The number of benzene rings is 2. The van der Waals surface area contributed by atoms with Crippen molar-refractivity contribution < 1.29 is 28.7 Å². The zero-order chi connectivity index (χ0) is 32.8. The first-order valence-corrected chi connectivity index (χ1v) is 15.5. The lowest BCUT2D eigenvalue weighted by molar-refractivity contribution is -0.144. The summed E-state index contributed by atoms with van der Waals surface area (Å²) in [4.78, 5) is 60.0. The zero-order valence-corrected chi connectivity index (χ0v) is 27.0. The van der Waals surface area contributed by atoms with Crippen LogP contribution in [0.15, 0.2) is 66.2 Å². The molecule has 45 heavy (non-hydrogen) atoms. The molecule has 2 heterocycles. The first kappa shape index (κ1) is 33.2. The summed E-state index contributed by atoms with van der Waals surface area (Å²) in [5.74, 6) is -1.96. The predicted molar refractivity (Wildman–Crippen MR) is 173 cm³/mol. The van der Waals surface area contributed by atoms with Gasteiger partial charge in [0, 0.05) is 17.3 Å². The number of amides is 3. The molecule has 0 fully saturated rings. The van der Waals surface area contributed by atoms with Gasteiger partial charge in [0.2, 0.25) is 11.8 Å². The number of ether oxygens (including phenoxy) is 2. The lowest BCUT2D eigenvalue weighted by atomic mass is 9.98. The van der Waals surface area contributed by atoms with Crippen molar-refractivity contribution >= 4 is 51.1 Å². The molecule has 3 amide bonds. The number of rotatable bonds is 11. The van der Waals surface area contributed by atoms with Crippen LogP contribution in [-0.2, 0) is 30.3 Å². The minimum Gasteiger partial charge on any atom is -0.465 e. The number of nitrogens with zero attached hydrogens (tertiary/aromatic N) is 1. The number of fused-ring (bicyclic) bond motifs is 1. The molecule has 11 nitrogen and oxygen atoms in total. The molecule has 0 saturated heterocycles. The fourth-order valence-electron chi connectivity index (χ4n) is 4.61. The van der Waals surface area contributed by atoms with E-state index in [0.717, 1.165) is 15.6 Å². The number of thiophene rings is 1. The van der Waals surface area contributed by atoms with Gasteiger partial charge >= 0.3 is 12.1 Å². The SMILES string of the molecule is CCOC(=O)C(c1ccccc1)c1nc(NC(=O)[C@@H](Cc2csc3ccccc23)NC(=O)C(C)(C)NC(=O)OC(C)(C)C)c[nH]1. The van der Waals surface area contributed by atoms with E-state index in [9.17, 15) is 19.2 Å². The van der Waals surface area contributed by atoms with E-state index in [1.807, 2.05) is 47.8 Å². The average Bonchev–Trinajstić information content (AvgIpc) is 3.59. The molecule has 4 rings (SSSR count). The maximum atomic E-state index is 13.8. The van der Waals surface area contributed by atoms with Crippen molar-refractivity contribution in [2.45, 2.75) is 71.1 Å². The van der Waals surface area contributed by atoms with E-state index in [2.05, 4.69) is 25.9 Å². The number of alkyl carbamates (subject to hydrolysis) is 1. The van der Waals surface area contributed by atoms with E-state index in [0.29, 0.717) is 11.4 Å². The molecule has 0 radical (unpaired) electrons. The van der Waals surface area contributed by atoms with Crippen LogP contribution in [0.1, 0.15) is 64.4 Å². The van der Waals surface area contributed by atoms with Crippen LogP contribution in [0.2, 0.25) is 0 Å². The molecule has 1 unspecified atom stereocenters. The molecule has 2 aromatic carbocycles. The van der Waals surface area contributed by atoms with Crippen LogP contribution in [0.4, 0.5) is 10.6 Å². The third kappa shape index (κ3) is 8.69. The minimum absolute atomic E-state index is 0.167. The molecule has 4 aromatic rings. The summed E-state index contributed by atoms with van der Waals surface area (Å²) in [6, 6.07) is 15.8. The second-order valence-electron chi connectivity index (χ2n) is 12.0. The Morgan fingerprint density at radius 2 is 1.67 bits per heavy atom. The monoisotopic (exact) mass is 633 g/mol. The summed E-state index contributed by atoms with van der Waals surface area (Å²) in [6.45, 7) is 10.1. The van der Waals surface area contributed by atoms with Crippen molar-refractivity contribution in [3.63, 3.8) is 0 Å². The summed E-state index contributed by atoms with van der Waals surface area (Å²) in [5.41, 5.74) is -0.603. The molecule has 238 valence electrons. The first-order valence-electron chi connectivity index (χ1n) is 14.6. The van der Waals surface area contributed by atoms with Gasteiger partial charge in [-0.25, -0.2) is 9.78 Å². The molecule has 0 saturated carbocycles. The second-order valence-corrected chi connectivity index (χ2v) is 12.9. The Balaban J connectivity index is 1.57. The standard InChI is InChI=1S/C33H39N5O6S/c1-7-43-29(40)26(20-13-9-8-10-14-20)27-34-18-25(36-27)37-28(39)23(17-21-19-45-24-16-12-11-15-22(21)24)35-30(41)33(5,6)38-31(42)44-32(2,3)4/h8-16,18-19,23,26H,7,17H2,1-6H3,(H,34,36)(H,35,41)(H,37,39)(H,38,42)/t23-,26?/m1/s1. The van der Waals surface area contributed by atoms with Crippen LogP contribution < -0.4 is 16.0 Å². The van der Waals surface area contributed by atoms with Gasteiger partial charge in [-0.3, -0.25) is 14.4 Å². The van der Waals surface area contributed by atoms with E-state index < -0.39 is 47.0 Å². The van der Waals surface area contributed by atoms with Gasteiger partial charge in [0.25, 0.3) is 0 Å². The molecule has 0 aliphatic carbocycles. The number of aromatic nitrogens is 2. The van der Waals surface area contributed by atoms with Gasteiger partial charge in [-0.15, -0.1) is 11.3 Å². The van der Waals surface area contributed by atoms with E-state index in [1.165, 1.54) is 20.0 Å². The van der Waals surface area contributed by atoms with Crippen molar-refractivity contribution in [1.82, 2.24) is 20.6 Å². The van der Waals surface area contributed by atoms with Crippen LogP contribution >= 0.6 is 11.3 Å². The number of aromatic amines is 1. The van der Waals surface area contributed by atoms with Crippen LogP contribution in [0, 0.1) is 0 Å². The molecule has 4 N–H and O–H groups in total. The van der Waals surface area contributed by atoms with Crippen molar-refractivity contribution in [2.75, 3.05) is 11.9 Å². The molecule has 2 aromatic heterocycles. The number of nitrogens with one attached hydrogen (secondary N) is 4. The normalized spacial score (nSPS) is 13.0. The Morgan fingerprint density at radius 1 is 0.978 bits per heavy atom. The van der Waals surface area contributed by atoms with Gasteiger partial charge < -0.3 is 30.4 Å². The Kier molecular flexibility index (Phi) is 10.3. The van der Waals surface area contributed by atoms with Crippen LogP contribution in [0.5, 0.6) is 0 Å². The number of esters is 1. The van der Waals surface area contributed by atoms with Crippen molar-refractivity contribution in [3.8, 4) is 0 Å². The fraction of sp³-hybridized carbons (Fsp3) is 0.364. The van der Waals surface area contributed by atoms with Crippen LogP contribution in [0.3, 0.4) is 0 Å². The van der Waals surface area contributed by atoms with Crippen molar-refractivity contribution in [3.05, 3.63) is 83.1 Å². The van der Waals surface area contributed by atoms with Gasteiger partial charge in [0.05, 0.1) is 6.61 Å². The van der Waals surface area contributed by atoms with Gasteiger partial charge in [-0.05, 0) is 69.5 Å². The summed E-state index contributed by atoms with van der Waals surface area (Å²) in [7, 11) is 0. The Morgan fingerprint density at radius 3 is 2.36 bits per heavy atom. The van der Waals surface area contributed by atoms with Gasteiger partial charge in [-0.2, -0.15) is 0 Å². The number of hydrogen-bond donors (Lipinski definition) is 4. The highest BCUT2D eigenvalue weighted by atomic mass is 32.1. The van der Waals surface area contributed by atoms with Crippen LogP contribution in [0.25, 0.3) is 10.1 Å². The third-order valence-electron chi connectivity index (χ3n) is 6.77. The molecule has 0 spiro atoms. The molecular weight excluding hydrogens is 594 g/mol. The summed E-state index contributed by atoms with van der Waals surface area (Å²) in [6.07, 6.45) is 0.901. The predicted octanol–water partition coefficient (Wildman–Crippen LogP) is 5.29. The third-order valence-corrected chi connectivity index (χ3v) is 7.78. The highest BCUT2D eigenvalue weighted by molar-refractivity contribution is 7.17. The Hall–Kier alpha value is -4.71.